The van der Waals surface area contributed by atoms with Crippen molar-refractivity contribution in [1.82, 2.24) is 10.2 Å². The Labute approximate surface area is 247 Å². The van der Waals surface area contributed by atoms with Crippen LogP contribution >= 0.6 is 22.6 Å². The molecule has 0 aromatic heterocycles. The third-order valence-electron chi connectivity index (χ3n) is 6.69. The predicted octanol–water partition coefficient (Wildman–Crippen LogP) is 2.52. The van der Waals surface area contributed by atoms with Crippen molar-refractivity contribution in [2.24, 2.45) is 0 Å². The highest BCUT2D eigenvalue weighted by Crippen LogP contribution is 2.37. The van der Waals surface area contributed by atoms with Crippen LogP contribution in [0.5, 0.6) is 17.2 Å². The van der Waals surface area contributed by atoms with Crippen molar-refractivity contribution in [3.8, 4) is 17.2 Å². The Balaban J connectivity index is 1.99. The van der Waals surface area contributed by atoms with Gasteiger partial charge in [0.1, 0.15) is 24.2 Å². The van der Waals surface area contributed by atoms with Crippen molar-refractivity contribution in [3.63, 3.8) is 0 Å². The van der Waals surface area contributed by atoms with Crippen LogP contribution in [0.3, 0.4) is 0 Å². The lowest BCUT2D eigenvalue weighted by molar-refractivity contribution is -0.138. The van der Waals surface area contributed by atoms with Gasteiger partial charge in [0.25, 0.3) is 0 Å². The van der Waals surface area contributed by atoms with Gasteiger partial charge in [0, 0.05) is 37.1 Å². The number of carbonyl (C=O) groups is 3. The summed E-state index contributed by atoms with van der Waals surface area (Å²) in [5, 5.41) is 23.4. The number of rotatable bonds is 13. The highest BCUT2D eigenvalue weighted by molar-refractivity contribution is 14.1. The van der Waals surface area contributed by atoms with Gasteiger partial charge in [-0.2, -0.15) is 0 Å². The van der Waals surface area contributed by atoms with E-state index in [1.54, 1.807) is 25.0 Å². The van der Waals surface area contributed by atoms with Crippen LogP contribution in [0.15, 0.2) is 48.0 Å². The molecule has 0 saturated carbocycles. The first-order valence-electron chi connectivity index (χ1n) is 13.0. The fraction of sp³-hybridized carbons (Fsp3) is 0.414. The molecule has 0 spiro atoms. The monoisotopic (exact) mass is 666 g/mol. The molecule has 0 saturated heterocycles. The Morgan fingerprint density at radius 3 is 2.55 bits per heavy atom. The number of aldehydes is 1. The molecule has 0 heterocycles. The molecule has 2 amide bonds. The van der Waals surface area contributed by atoms with E-state index in [1.807, 2.05) is 46.9 Å². The Kier molecular flexibility index (Phi) is 11.8. The molecule has 0 fully saturated rings. The van der Waals surface area contributed by atoms with Crippen LogP contribution in [0, 0.1) is 3.57 Å². The van der Waals surface area contributed by atoms with Crippen molar-refractivity contribution in [1.29, 1.82) is 0 Å². The van der Waals surface area contributed by atoms with E-state index in [-0.39, 0.29) is 38.4 Å². The van der Waals surface area contributed by atoms with Gasteiger partial charge in [0.15, 0.2) is 11.5 Å². The van der Waals surface area contributed by atoms with E-state index >= 15 is 0 Å². The van der Waals surface area contributed by atoms with Crippen LogP contribution in [0.1, 0.15) is 35.7 Å². The van der Waals surface area contributed by atoms with E-state index in [4.69, 9.17) is 14.2 Å². The Bertz CT molecular complexity index is 1230. The Morgan fingerprint density at radius 1 is 1.18 bits per heavy atom. The normalized spacial score (nSPS) is 18.4. The standard InChI is InChI=1S/C29H35IN2O8/c1-4-26(35)32(11-9-19-7-5-6-8-23(19)38-2)22-15-20(29(37)31-10-12-33)16-24(27(22)36)40-28-21(30)13-18(17-34)14-25(28)39-3/h5-8,13-14,16-17,22,24,27,33,36H,4,9-12,15H2,1-3H3,(H,31,37)/t22-,24+,27+/m1/s1. The van der Waals surface area contributed by atoms with Crippen LogP contribution in [0.25, 0.3) is 0 Å². The first kappa shape index (κ1) is 31.4. The van der Waals surface area contributed by atoms with Crippen molar-refractivity contribution >= 4 is 40.7 Å². The third-order valence-corrected chi connectivity index (χ3v) is 7.50. The summed E-state index contributed by atoms with van der Waals surface area (Å²) in [5.74, 6) is 0.678. The molecule has 0 aliphatic heterocycles. The van der Waals surface area contributed by atoms with Gasteiger partial charge >= 0.3 is 0 Å². The van der Waals surface area contributed by atoms with Gasteiger partial charge in [-0.15, -0.1) is 0 Å². The third kappa shape index (κ3) is 7.52. The van der Waals surface area contributed by atoms with E-state index in [1.165, 1.54) is 19.3 Å². The number of amides is 2. The fourth-order valence-corrected chi connectivity index (χ4v) is 5.42. The lowest BCUT2D eigenvalue weighted by Crippen LogP contribution is -2.55. The zero-order valence-corrected chi connectivity index (χ0v) is 24.9. The van der Waals surface area contributed by atoms with Crippen molar-refractivity contribution in [3.05, 3.63) is 62.7 Å². The van der Waals surface area contributed by atoms with E-state index < -0.39 is 24.2 Å². The number of aliphatic hydroxyl groups excluding tert-OH is 2. The van der Waals surface area contributed by atoms with Crippen LogP contribution < -0.4 is 19.5 Å². The Hall–Kier alpha value is -3.16. The van der Waals surface area contributed by atoms with Crippen molar-refractivity contribution in [2.45, 2.75) is 44.4 Å². The zero-order valence-electron chi connectivity index (χ0n) is 22.8. The molecule has 40 heavy (non-hydrogen) atoms. The van der Waals surface area contributed by atoms with E-state index in [0.29, 0.717) is 44.7 Å². The lowest BCUT2D eigenvalue weighted by Gasteiger charge is -2.40. The van der Waals surface area contributed by atoms with Gasteiger partial charge in [-0.3, -0.25) is 14.4 Å². The molecule has 2 aromatic rings. The molecule has 10 nitrogen and oxygen atoms in total. The minimum atomic E-state index is -1.19. The lowest BCUT2D eigenvalue weighted by atomic mass is 9.87. The summed E-state index contributed by atoms with van der Waals surface area (Å²) in [6.07, 6.45) is 0.791. The number of benzene rings is 2. The van der Waals surface area contributed by atoms with Gasteiger partial charge in [0.2, 0.25) is 11.8 Å². The summed E-state index contributed by atoms with van der Waals surface area (Å²) < 4.78 is 17.7. The van der Waals surface area contributed by atoms with Crippen LogP contribution in [-0.4, -0.2) is 85.4 Å². The molecule has 0 bridgehead atoms. The number of nitrogens with zero attached hydrogens (tertiary/aromatic N) is 1. The number of halogens is 1. The molecular formula is C29H35IN2O8. The van der Waals surface area contributed by atoms with Crippen LogP contribution in [-0.2, 0) is 16.0 Å². The molecular weight excluding hydrogens is 631 g/mol. The predicted molar refractivity (Wildman–Crippen MR) is 157 cm³/mol. The van der Waals surface area contributed by atoms with E-state index in [2.05, 4.69) is 5.32 Å². The maximum absolute atomic E-state index is 13.2. The maximum atomic E-state index is 13.2. The number of para-hydroxylation sites is 1. The van der Waals surface area contributed by atoms with Gasteiger partial charge < -0.3 is 34.6 Å². The smallest absolute Gasteiger partial charge is 0.247 e. The molecule has 3 rings (SSSR count). The fourth-order valence-electron chi connectivity index (χ4n) is 4.67. The van der Waals surface area contributed by atoms with Gasteiger partial charge in [-0.25, -0.2) is 0 Å². The van der Waals surface area contributed by atoms with Crippen LogP contribution in [0.4, 0.5) is 0 Å². The molecule has 1 aliphatic rings. The maximum Gasteiger partial charge on any atom is 0.247 e. The number of aliphatic hydroxyl groups is 2. The minimum Gasteiger partial charge on any atom is -0.496 e. The average molecular weight is 667 g/mol. The summed E-state index contributed by atoms with van der Waals surface area (Å²) in [6.45, 7) is 1.85. The first-order chi connectivity index (χ1) is 19.3. The molecule has 0 radical (unpaired) electrons. The number of methoxy groups -OCH3 is 2. The zero-order chi connectivity index (χ0) is 29.2. The quantitative estimate of drug-likeness (QED) is 0.220. The summed E-state index contributed by atoms with van der Waals surface area (Å²) in [6, 6.07) is 9.89. The van der Waals surface area contributed by atoms with Gasteiger partial charge in [-0.05, 0) is 58.9 Å². The molecule has 3 atom stereocenters. The van der Waals surface area contributed by atoms with E-state index in [0.717, 1.165) is 5.56 Å². The summed E-state index contributed by atoms with van der Waals surface area (Å²) >= 11 is 2.01. The Morgan fingerprint density at radius 2 is 1.90 bits per heavy atom. The van der Waals surface area contributed by atoms with Crippen molar-refractivity contribution < 1.29 is 38.8 Å². The summed E-state index contributed by atoms with van der Waals surface area (Å²) in [7, 11) is 3.02. The van der Waals surface area contributed by atoms with Gasteiger partial charge in [0.05, 0.1) is 30.4 Å². The molecule has 3 N–H and O–H groups in total. The molecule has 0 unspecified atom stereocenters. The number of hydrogen-bond acceptors (Lipinski definition) is 8. The molecule has 11 heteroatoms. The second kappa shape index (κ2) is 15.0. The molecule has 2 aromatic carbocycles. The van der Waals surface area contributed by atoms with E-state index in [9.17, 15) is 24.6 Å². The summed E-state index contributed by atoms with van der Waals surface area (Å²) in [4.78, 5) is 39.1. The number of nitrogens with one attached hydrogen (secondary N) is 1. The van der Waals surface area contributed by atoms with Crippen LogP contribution in [0.2, 0.25) is 0 Å². The topological polar surface area (TPSA) is 135 Å². The largest absolute Gasteiger partial charge is 0.496 e. The molecule has 216 valence electrons. The van der Waals surface area contributed by atoms with Crippen molar-refractivity contribution in [2.75, 3.05) is 33.9 Å². The number of ether oxygens (including phenoxy) is 3. The first-order valence-corrected chi connectivity index (χ1v) is 14.0. The number of hydrogen-bond donors (Lipinski definition) is 3. The van der Waals surface area contributed by atoms with Gasteiger partial charge in [-0.1, -0.05) is 25.1 Å². The SMILES string of the molecule is CCC(=O)N(CCc1ccccc1OC)[C@@H]1CC(C(=O)NCCO)=C[C@H](Oc2c(I)cc(C=O)cc2OC)[C@H]1O. The average Bonchev–Trinajstić information content (AvgIpc) is 2.97. The number of carbonyl (C=O) groups excluding carboxylic acids is 3. The second-order valence-electron chi connectivity index (χ2n) is 9.17. The highest BCUT2D eigenvalue weighted by Gasteiger charge is 2.40. The molecule has 1 aliphatic carbocycles. The minimum absolute atomic E-state index is 0.0548. The summed E-state index contributed by atoms with van der Waals surface area (Å²) in [5.41, 5.74) is 1.62. The highest BCUT2D eigenvalue weighted by atomic mass is 127. The second-order valence-corrected chi connectivity index (χ2v) is 10.3.